The molecule has 0 saturated heterocycles. The highest BCUT2D eigenvalue weighted by atomic mass is 19.1. The number of rotatable bonds is 4. The average molecular weight is 335 g/mol. The summed E-state index contributed by atoms with van der Waals surface area (Å²) >= 11 is 0. The van der Waals surface area contributed by atoms with E-state index in [4.69, 9.17) is 4.74 Å². The van der Waals surface area contributed by atoms with E-state index in [9.17, 15) is 14.4 Å². The van der Waals surface area contributed by atoms with Gasteiger partial charge in [0.25, 0.3) is 5.56 Å². The smallest absolute Gasteiger partial charge is 0.269 e. The number of H-pyrrole nitrogens is 1. The summed E-state index contributed by atoms with van der Waals surface area (Å²) in [4.78, 5) is 18.6. The van der Waals surface area contributed by atoms with Gasteiger partial charge in [-0.15, -0.1) is 0 Å². The molecule has 0 saturated carbocycles. The van der Waals surface area contributed by atoms with Gasteiger partial charge in [0.2, 0.25) is 0 Å². The lowest BCUT2D eigenvalue weighted by atomic mass is 10.1. The summed E-state index contributed by atoms with van der Waals surface area (Å²) in [6.45, 7) is 1.97. The number of aryl methyl sites for hydroxylation is 1. The SMILES string of the molecule is Cc1nc(-c2ccc(OCc3ccc(F)cc3)cc2)c(C#N)c(=O)[nH]1. The van der Waals surface area contributed by atoms with Crippen molar-refractivity contribution in [3.8, 4) is 23.1 Å². The monoisotopic (exact) mass is 335 g/mol. The Morgan fingerprint density at radius 2 is 1.84 bits per heavy atom. The van der Waals surface area contributed by atoms with Gasteiger partial charge in [0.05, 0.1) is 5.69 Å². The number of ether oxygens (including phenoxy) is 1. The predicted molar refractivity (Wildman–Crippen MR) is 90.5 cm³/mol. The lowest BCUT2D eigenvalue weighted by Crippen LogP contribution is -2.15. The third kappa shape index (κ3) is 3.72. The minimum Gasteiger partial charge on any atom is -0.489 e. The van der Waals surface area contributed by atoms with Crippen LogP contribution < -0.4 is 10.3 Å². The van der Waals surface area contributed by atoms with E-state index in [1.54, 1.807) is 43.3 Å². The standard InChI is InChI=1S/C19H14FN3O2/c1-12-22-18(17(10-21)19(24)23-12)14-4-8-16(9-5-14)25-11-13-2-6-15(20)7-3-13/h2-9H,11H2,1H3,(H,22,23,24). The molecular weight excluding hydrogens is 321 g/mol. The van der Waals surface area contributed by atoms with Crippen LogP contribution in [0.25, 0.3) is 11.3 Å². The minimum absolute atomic E-state index is 0.0226. The maximum absolute atomic E-state index is 12.9. The van der Waals surface area contributed by atoms with Crippen molar-refractivity contribution in [3.63, 3.8) is 0 Å². The van der Waals surface area contributed by atoms with Crippen molar-refractivity contribution in [1.82, 2.24) is 9.97 Å². The molecule has 25 heavy (non-hydrogen) atoms. The van der Waals surface area contributed by atoms with Crippen LogP contribution in [0.15, 0.2) is 53.3 Å². The number of hydrogen-bond donors (Lipinski definition) is 1. The largest absolute Gasteiger partial charge is 0.489 e. The molecule has 0 aliphatic heterocycles. The summed E-state index contributed by atoms with van der Waals surface area (Å²) in [5, 5.41) is 9.17. The van der Waals surface area contributed by atoms with Gasteiger partial charge in [0, 0.05) is 5.56 Å². The molecule has 0 fully saturated rings. The fourth-order valence-corrected chi connectivity index (χ4v) is 2.35. The first kappa shape index (κ1) is 16.4. The summed E-state index contributed by atoms with van der Waals surface area (Å²) in [5.74, 6) is 0.769. The van der Waals surface area contributed by atoms with Gasteiger partial charge < -0.3 is 9.72 Å². The molecule has 3 rings (SSSR count). The Bertz CT molecular complexity index is 987. The molecule has 0 spiro atoms. The molecule has 0 atom stereocenters. The van der Waals surface area contributed by atoms with E-state index >= 15 is 0 Å². The van der Waals surface area contributed by atoms with Gasteiger partial charge in [-0.3, -0.25) is 4.79 Å². The molecular formula is C19H14FN3O2. The Kier molecular flexibility index (Phi) is 4.57. The molecule has 1 N–H and O–H groups in total. The maximum atomic E-state index is 12.9. The number of aromatic nitrogens is 2. The van der Waals surface area contributed by atoms with Crippen molar-refractivity contribution in [2.75, 3.05) is 0 Å². The lowest BCUT2D eigenvalue weighted by Gasteiger charge is -2.08. The van der Waals surface area contributed by atoms with Gasteiger partial charge in [-0.2, -0.15) is 5.26 Å². The first-order valence-electron chi connectivity index (χ1n) is 7.55. The number of halogens is 1. The van der Waals surface area contributed by atoms with Gasteiger partial charge in [-0.25, -0.2) is 9.37 Å². The fourth-order valence-electron chi connectivity index (χ4n) is 2.35. The van der Waals surface area contributed by atoms with E-state index in [1.165, 1.54) is 12.1 Å². The van der Waals surface area contributed by atoms with Crippen LogP contribution in [0, 0.1) is 24.1 Å². The zero-order chi connectivity index (χ0) is 17.8. The molecule has 1 aromatic heterocycles. The summed E-state index contributed by atoms with van der Waals surface area (Å²) in [6.07, 6.45) is 0. The molecule has 0 bridgehead atoms. The van der Waals surface area contributed by atoms with Crippen molar-refractivity contribution < 1.29 is 9.13 Å². The maximum Gasteiger partial charge on any atom is 0.269 e. The van der Waals surface area contributed by atoms with Crippen LogP contribution in [0.3, 0.4) is 0 Å². The minimum atomic E-state index is -0.457. The van der Waals surface area contributed by atoms with Crippen LogP contribution in [0.1, 0.15) is 17.0 Å². The normalized spacial score (nSPS) is 10.3. The second-order valence-electron chi connectivity index (χ2n) is 5.43. The van der Waals surface area contributed by atoms with Gasteiger partial charge in [-0.1, -0.05) is 12.1 Å². The topological polar surface area (TPSA) is 78.8 Å². The van der Waals surface area contributed by atoms with Gasteiger partial charge in [0.1, 0.15) is 35.6 Å². The fraction of sp³-hybridized carbons (Fsp3) is 0.105. The number of hydrogen-bond acceptors (Lipinski definition) is 4. The van der Waals surface area contributed by atoms with E-state index in [2.05, 4.69) is 9.97 Å². The van der Waals surface area contributed by atoms with E-state index < -0.39 is 5.56 Å². The quantitative estimate of drug-likeness (QED) is 0.793. The highest BCUT2D eigenvalue weighted by Gasteiger charge is 2.12. The third-order valence-electron chi connectivity index (χ3n) is 3.60. The second-order valence-corrected chi connectivity index (χ2v) is 5.43. The molecule has 0 radical (unpaired) electrons. The van der Waals surface area contributed by atoms with Crippen LogP contribution in [0.4, 0.5) is 4.39 Å². The summed E-state index contributed by atoms with van der Waals surface area (Å²) in [6, 6.07) is 14.9. The number of nitrogens with zero attached hydrogens (tertiary/aromatic N) is 2. The van der Waals surface area contributed by atoms with Crippen molar-refractivity contribution >= 4 is 0 Å². The van der Waals surface area contributed by atoms with Crippen LogP contribution in [0.5, 0.6) is 5.75 Å². The van der Waals surface area contributed by atoms with E-state index in [-0.39, 0.29) is 11.4 Å². The molecule has 124 valence electrons. The van der Waals surface area contributed by atoms with Crippen LogP contribution in [-0.4, -0.2) is 9.97 Å². The number of nitrogens with one attached hydrogen (secondary N) is 1. The molecule has 0 aliphatic rings. The van der Waals surface area contributed by atoms with Gasteiger partial charge >= 0.3 is 0 Å². The highest BCUT2D eigenvalue weighted by Crippen LogP contribution is 2.23. The molecule has 3 aromatic rings. The van der Waals surface area contributed by atoms with Crippen molar-refractivity contribution in [1.29, 1.82) is 5.26 Å². The summed E-state index contributed by atoms with van der Waals surface area (Å²) in [7, 11) is 0. The molecule has 0 unspecified atom stereocenters. The zero-order valence-corrected chi connectivity index (χ0v) is 13.4. The van der Waals surface area contributed by atoms with Crippen LogP contribution in [-0.2, 0) is 6.61 Å². The van der Waals surface area contributed by atoms with Crippen molar-refractivity contribution in [2.24, 2.45) is 0 Å². The molecule has 0 aliphatic carbocycles. The first-order chi connectivity index (χ1) is 12.1. The van der Waals surface area contributed by atoms with Gasteiger partial charge in [-0.05, 0) is 48.9 Å². The number of nitriles is 1. The summed E-state index contributed by atoms with van der Waals surface area (Å²) in [5.41, 5.74) is 1.37. The number of aromatic amines is 1. The Labute approximate surface area is 143 Å². The molecule has 0 amide bonds. The molecule has 1 heterocycles. The number of benzene rings is 2. The average Bonchev–Trinajstić information content (AvgIpc) is 2.61. The molecule has 6 heteroatoms. The van der Waals surface area contributed by atoms with Crippen molar-refractivity contribution in [3.05, 3.63) is 81.7 Å². The van der Waals surface area contributed by atoms with Gasteiger partial charge in [0.15, 0.2) is 0 Å². The van der Waals surface area contributed by atoms with Crippen LogP contribution >= 0.6 is 0 Å². The second kappa shape index (κ2) is 6.97. The lowest BCUT2D eigenvalue weighted by molar-refractivity contribution is 0.306. The Balaban J connectivity index is 1.80. The Morgan fingerprint density at radius 1 is 1.16 bits per heavy atom. The molecule has 2 aromatic carbocycles. The van der Waals surface area contributed by atoms with E-state index in [0.29, 0.717) is 29.4 Å². The Hall–Kier alpha value is -3.46. The zero-order valence-electron chi connectivity index (χ0n) is 13.4. The summed E-state index contributed by atoms with van der Waals surface area (Å²) < 4.78 is 18.5. The predicted octanol–water partition coefficient (Wildman–Crippen LogP) is 3.34. The third-order valence-corrected chi connectivity index (χ3v) is 3.60. The van der Waals surface area contributed by atoms with Crippen molar-refractivity contribution in [2.45, 2.75) is 13.5 Å². The Morgan fingerprint density at radius 3 is 2.48 bits per heavy atom. The molecule has 5 nitrogen and oxygen atoms in total. The van der Waals surface area contributed by atoms with Crippen LogP contribution in [0.2, 0.25) is 0 Å². The van der Waals surface area contributed by atoms with E-state index in [0.717, 1.165) is 5.56 Å². The van der Waals surface area contributed by atoms with E-state index in [1.807, 2.05) is 6.07 Å². The highest BCUT2D eigenvalue weighted by molar-refractivity contribution is 5.66. The first-order valence-corrected chi connectivity index (χ1v) is 7.55.